The standard InChI is InChI=1S/C24H29N5OS2/c1-12-20(18-10-17(18)19-16-6-8-31-21(16)27-13(2)26-19)32-22(25-12)23(30)29(4)15-9-14-5-7-24(3,11-15)28-14/h6,8,14-15,17-18,28H,5,7,9-11H2,1-4H3/t14-,15-,17+,18+,24+/m0/s1. The van der Waals surface area contributed by atoms with Crippen LogP contribution in [0.3, 0.4) is 0 Å². The van der Waals surface area contributed by atoms with Crippen LogP contribution >= 0.6 is 22.7 Å². The predicted octanol–water partition coefficient (Wildman–Crippen LogP) is 4.78. The number of aryl methyl sites for hydroxylation is 2. The molecule has 8 heteroatoms. The lowest BCUT2D eigenvalue weighted by atomic mass is 9.88. The number of nitrogens with zero attached hydrogens (tertiary/aromatic N) is 4. The van der Waals surface area contributed by atoms with Gasteiger partial charge in [-0.2, -0.15) is 0 Å². The third-order valence-corrected chi connectivity index (χ3v) is 9.75. The van der Waals surface area contributed by atoms with E-state index in [1.54, 1.807) is 22.7 Å². The lowest BCUT2D eigenvalue weighted by Gasteiger charge is -2.40. The van der Waals surface area contributed by atoms with Gasteiger partial charge in [-0.15, -0.1) is 22.7 Å². The monoisotopic (exact) mass is 467 g/mol. The maximum absolute atomic E-state index is 13.4. The minimum Gasteiger partial charge on any atom is -0.337 e. The molecule has 2 bridgehead atoms. The SMILES string of the molecule is Cc1nc([C@@H]2C[C@H]2c2sc(C(=O)N(C)[C@H]3C[C@@H]4CC[C@](C)(C3)N4)nc2C)c2ccsc2n1. The molecule has 2 aliphatic heterocycles. The highest BCUT2D eigenvalue weighted by molar-refractivity contribution is 7.16. The van der Waals surface area contributed by atoms with Crippen LogP contribution in [0, 0.1) is 13.8 Å². The average Bonchev–Trinajstić information content (AvgIpc) is 3.07. The molecule has 6 nitrogen and oxygen atoms in total. The van der Waals surface area contributed by atoms with E-state index in [9.17, 15) is 4.79 Å². The van der Waals surface area contributed by atoms with E-state index in [4.69, 9.17) is 9.97 Å². The largest absolute Gasteiger partial charge is 0.337 e. The first kappa shape index (κ1) is 20.7. The average molecular weight is 468 g/mol. The molecule has 6 rings (SSSR count). The maximum Gasteiger partial charge on any atom is 0.282 e. The van der Waals surface area contributed by atoms with E-state index in [-0.39, 0.29) is 11.4 Å². The molecule has 3 aromatic heterocycles. The molecule has 32 heavy (non-hydrogen) atoms. The van der Waals surface area contributed by atoms with Crippen molar-refractivity contribution in [3.05, 3.63) is 38.5 Å². The van der Waals surface area contributed by atoms with E-state index in [0.29, 0.717) is 28.9 Å². The molecule has 2 saturated heterocycles. The van der Waals surface area contributed by atoms with E-state index >= 15 is 0 Å². The number of thiophene rings is 1. The van der Waals surface area contributed by atoms with Crippen molar-refractivity contribution in [3.63, 3.8) is 0 Å². The Morgan fingerprint density at radius 2 is 2.06 bits per heavy atom. The van der Waals surface area contributed by atoms with Crippen LogP contribution in [0.1, 0.15) is 82.8 Å². The first-order valence-electron chi connectivity index (χ1n) is 11.6. The number of nitrogens with one attached hydrogen (secondary N) is 1. The lowest BCUT2D eigenvalue weighted by molar-refractivity contribution is 0.0648. The van der Waals surface area contributed by atoms with Gasteiger partial charge in [-0.05, 0) is 64.3 Å². The Hall–Kier alpha value is -1.90. The highest BCUT2D eigenvalue weighted by atomic mass is 32.1. The Morgan fingerprint density at radius 3 is 2.88 bits per heavy atom. The molecule has 1 N–H and O–H groups in total. The number of hydrogen-bond donors (Lipinski definition) is 1. The van der Waals surface area contributed by atoms with Crippen molar-refractivity contribution in [2.24, 2.45) is 0 Å². The van der Waals surface area contributed by atoms with Crippen molar-refractivity contribution in [2.45, 2.75) is 82.3 Å². The Kier molecular flexibility index (Phi) is 4.72. The van der Waals surface area contributed by atoms with Gasteiger partial charge < -0.3 is 10.2 Å². The molecule has 1 amide bonds. The van der Waals surface area contributed by atoms with Gasteiger partial charge in [0.25, 0.3) is 5.91 Å². The number of carbonyl (C=O) groups excluding carboxylic acids is 1. The minimum atomic E-state index is 0.0783. The molecule has 0 radical (unpaired) electrons. The summed E-state index contributed by atoms with van der Waals surface area (Å²) in [6.45, 7) is 6.32. The van der Waals surface area contributed by atoms with Gasteiger partial charge >= 0.3 is 0 Å². The second kappa shape index (κ2) is 7.30. The molecular formula is C24H29N5OS2. The van der Waals surface area contributed by atoms with Crippen LogP contribution < -0.4 is 5.32 Å². The van der Waals surface area contributed by atoms with Crippen LogP contribution in [0.5, 0.6) is 0 Å². The first-order chi connectivity index (χ1) is 15.3. The summed E-state index contributed by atoms with van der Waals surface area (Å²) in [5.74, 6) is 1.72. The van der Waals surface area contributed by atoms with Gasteiger partial charge in [-0.3, -0.25) is 4.79 Å². The van der Waals surface area contributed by atoms with Crippen LogP contribution in [0.25, 0.3) is 10.2 Å². The molecule has 5 atom stereocenters. The van der Waals surface area contributed by atoms with Gasteiger partial charge in [0.2, 0.25) is 0 Å². The fraction of sp³-hybridized carbons (Fsp3) is 0.583. The quantitative estimate of drug-likeness (QED) is 0.598. The van der Waals surface area contributed by atoms with Crippen LogP contribution in [0.2, 0.25) is 0 Å². The smallest absolute Gasteiger partial charge is 0.282 e. The van der Waals surface area contributed by atoms with Gasteiger partial charge in [0, 0.05) is 46.8 Å². The molecular weight excluding hydrogens is 438 g/mol. The zero-order valence-corrected chi connectivity index (χ0v) is 20.6. The van der Waals surface area contributed by atoms with Crippen LogP contribution in [-0.4, -0.2) is 50.4 Å². The van der Waals surface area contributed by atoms with Gasteiger partial charge in [-0.1, -0.05) is 0 Å². The van der Waals surface area contributed by atoms with Crippen LogP contribution in [0.15, 0.2) is 11.4 Å². The zero-order valence-electron chi connectivity index (χ0n) is 19.0. The van der Waals surface area contributed by atoms with Gasteiger partial charge in [0.05, 0.1) is 11.4 Å². The Morgan fingerprint density at radius 1 is 1.22 bits per heavy atom. The van der Waals surface area contributed by atoms with Gasteiger partial charge in [-0.25, -0.2) is 15.0 Å². The highest BCUT2D eigenvalue weighted by Crippen LogP contribution is 2.57. The summed E-state index contributed by atoms with van der Waals surface area (Å²) in [5, 5.41) is 7.66. The number of carbonyl (C=O) groups is 1. The normalized spacial score (nSPS) is 31.2. The van der Waals surface area contributed by atoms with Gasteiger partial charge in [0.15, 0.2) is 5.01 Å². The Labute approximate surface area is 196 Å². The summed E-state index contributed by atoms with van der Waals surface area (Å²) in [6, 6.07) is 2.97. The number of aromatic nitrogens is 3. The van der Waals surface area contributed by atoms with Crippen LogP contribution in [0.4, 0.5) is 0 Å². The van der Waals surface area contributed by atoms with Crippen molar-refractivity contribution in [3.8, 4) is 0 Å². The summed E-state index contributed by atoms with van der Waals surface area (Å²) in [4.78, 5) is 31.8. The van der Waals surface area contributed by atoms with Crippen molar-refractivity contribution in [2.75, 3.05) is 7.05 Å². The number of fused-ring (bicyclic) bond motifs is 3. The molecule has 3 aromatic rings. The number of rotatable bonds is 4. The van der Waals surface area contributed by atoms with Crippen molar-refractivity contribution in [1.29, 1.82) is 0 Å². The third-order valence-electron chi connectivity index (χ3n) is 7.67. The van der Waals surface area contributed by atoms with Crippen molar-refractivity contribution >= 4 is 38.8 Å². The molecule has 3 aliphatic rings. The summed E-state index contributed by atoms with van der Waals surface area (Å²) in [7, 11) is 1.97. The van der Waals surface area contributed by atoms with Gasteiger partial charge in [0.1, 0.15) is 10.7 Å². The molecule has 1 aliphatic carbocycles. The van der Waals surface area contributed by atoms with E-state index < -0.39 is 0 Å². The first-order valence-corrected chi connectivity index (χ1v) is 13.2. The number of piperidine rings is 1. The second-order valence-electron chi connectivity index (χ2n) is 10.2. The number of thiazole rings is 1. The molecule has 5 heterocycles. The van der Waals surface area contributed by atoms with E-state index in [2.05, 4.69) is 35.6 Å². The molecule has 0 spiro atoms. The zero-order chi connectivity index (χ0) is 22.2. The summed E-state index contributed by atoms with van der Waals surface area (Å²) in [6.07, 6.45) is 5.57. The highest BCUT2D eigenvalue weighted by Gasteiger charge is 2.46. The third kappa shape index (κ3) is 3.38. The topological polar surface area (TPSA) is 71.0 Å². The minimum absolute atomic E-state index is 0.0783. The van der Waals surface area contributed by atoms with E-state index in [0.717, 1.165) is 41.3 Å². The molecule has 3 fully saturated rings. The Bertz CT molecular complexity index is 1220. The number of hydrogen-bond acceptors (Lipinski definition) is 7. The fourth-order valence-electron chi connectivity index (χ4n) is 5.91. The van der Waals surface area contributed by atoms with Crippen LogP contribution in [-0.2, 0) is 0 Å². The maximum atomic E-state index is 13.4. The Balaban J connectivity index is 1.22. The summed E-state index contributed by atoms with van der Waals surface area (Å²) < 4.78 is 0. The molecule has 0 unspecified atom stereocenters. The lowest BCUT2D eigenvalue weighted by Crippen LogP contribution is -2.54. The molecule has 1 saturated carbocycles. The number of amides is 1. The summed E-state index contributed by atoms with van der Waals surface area (Å²) >= 11 is 3.27. The molecule has 0 aromatic carbocycles. The predicted molar refractivity (Wildman–Crippen MR) is 129 cm³/mol. The molecule has 168 valence electrons. The van der Waals surface area contributed by atoms with Crippen molar-refractivity contribution in [1.82, 2.24) is 25.2 Å². The summed E-state index contributed by atoms with van der Waals surface area (Å²) in [5.41, 5.74) is 2.34. The van der Waals surface area contributed by atoms with E-state index in [1.807, 2.05) is 18.9 Å². The second-order valence-corrected chi connectivity index (χ2v) is 12.1. The van der Waals surface area contributed by atoms with Crippen molar-refractivity contribution < 1.29 is 4.79 Å². The fourth-order valence-corrected chi connectivity index (χ4v) is 7.96. The van der Waals surface area contributed by atoms with E-state index in [1.165, 1.54) is 23.1 Å².